The van der Waals surface area contributed by atoms with Gasteiger partial charge in [0, 0.05) is 17.5 Å². The minimum absolute atomic E-state index is 0.0589. The standard InChI is InChI=1S/C22H24N2OS/c1-15(2)13-24-21(18-10-8-16(3)9-11-18)14-26-22(24)23-20-7-5-6-19(12-20)17(4)25/h5-12,14-15H,13H2,1-4H3. The molecule has 0 fully saturated rings. The molecule has 0 unspecified atom stereocenters. The number of aryl methyl sites for hydroxylation is 1. The molecule has 2 aromatic carbocycles. The van der Waals surface area contributed by atoms with Crippen molar-refractivity contribution < 1.29 is 4.79 Å². The Kier molecular flexibility index (Phi) is 5.52. The van der Waals surface area contributed by atoms with Crippen LogP contribution >= 0.6 is 11.3 Å². The topological polar surface area (TPSA) is 34.4 Å². The predicted octanol–water partition coefficient (Wildman–Crippen LogP) is 5.62. The first-order valence-corrected chi connectivity index (χ1v) is 9.73. The van der Waals surface area contributed by atoms with Crippen molar-refractivity contribution in [3.63, 3.8) is 0 Å². The zero-order valence-corrected chi connectivity index (χ0v) is 16.5. The van der Waals surface area contributed by atoms with E-state index in [-0.39, 0.29) is 5.78 Å². The van der Waals surface area contributed by atoms with Crippen molar-refractivity contribution >= 4 is 22.8 Å². The van der Waals surface area contributed by atoms with Crippen molar-refractivity contribution in [1.29, 1.82) is 0 Å². The molecule has 4 heteroatoms. The molecule has 0 aliphatic carbocycles. The summed E-state index contributed by atoms with van der Waals surface area (Å²) in [6, 6.07) is 16.1. The van der Waals surface area contributed by atoms with Gasteiger partial charge in [-0.2, -0.15) is 0 Å². The van der Waals surface area contributed by atoms with Crippen LogP contribution in [0.2, 0.25) is 0 Å². The summed E-state index contributed by atoms with van der Waals surface area (Å²) in [7, 11) is 0. The summed E-state index contributed by atoms with van der Waals surface area (Å²) in [5.74, 6) is 0.569. The van der Waals surface area contributed by atoms with E-state index < -0.39 is 0 Å². The number of hydrogen-bond acceptors (Lipinski definition) is 3. The highest BCUT2D eigenvalue weighted by Gasteiger charge is 2.10. The van der Waals surface area contributed by atoms with Crippen molar-refractivity contribution in [3.05, 3.63) is 69.8 Å². The van der Waals surface area contributed by atoms with Crippen LogP contribution < -0.4 is 4.80 Å². The fraction of sp³-hybridized carbons (Fsp3) is 0.273. The second-order valence-corrected chi connectivity index (χ2v) is 7.83. The number of carbonyl (C=O) groups is 1. The molecule has 0 aliphatic rings. The maximum absolute atomic E-state index is 11.6. The molecule has 0 amide bonds. The summed E-state index contributed by atoms with van der Waals surface area (Å²) in [5.41, 5.74) is 5.14. The summed E-state index contributed by atoms with van der Waals surface area (Å²) >= 11 is 1.64. The Hall–Kier alpha value is -2.46. The minimum Gasteiger partial charge on any atom is -0.316 e. The van der Waals surface area contributed by atoms with Gasteiger partial charge in [-0.25, -0.2) is 4.99 Å². The SMILES string of the molecule is CC(=O)c1cccc(N=c2scc(-c3ccc(C)cc3)n2CC(C)C)c1. The summed E-state index contributed by atoms with van der Waals surface area (Å²) in [6.45, 7) is 9.01. The Balaban J connectivity index is 2.11. The van der Waals surface area contributed by atoms with Crippen LogP contribution in [0.4, 0.5) is 5.69 Å². The van der Waals surface area contributed by atoms with Gasteiger partial charge in [0.25, 0.3) is 0 Å². The Morgan fingerprint density at radius 3 is 2.54 bits per heavy atom. The van der Waals surface area contributed by atoms with Crippen LogP contribution in [0.1, 0.15) is 36.7 Å². The molecule has 26 heavy (non-hydrogen) atoms. The van der Waals surface area contributed by atoms with E-state index in [1.54, 1.807) is 18.3 Å². The fourth-order valence-corrected chi connectivity index (χ4v) is 3.76. The van der Waals surface area contributed by atoms with Crippen molar-refractivity contribution in [3.8, 4) is 11.3 Å². The van der Waals surface area contributed by atoms with Gasteiger partial charge in [-0.05, 0) is 37.5 Å². The van der Waals surface area contributed by atoms with Crippen LogP contribution in [0.25, 0.3) is 11.3 Å². The highest BCUT2D eigenvalue weighted by atomic mass is 32.1. The molecule has 1 heterocycles. The third kappa shape index (κ3) is 4.20. The van der Waals surface area contributed by atoms with Gasteiger partial charge < -0.3 is 4.57 Å². The molecule has 0 bridgehead atoms. The average Bonchev–Trinajstić information content (AvgIpc) is 2.97. The number of aromatic nitrogens is 1. The number of benzene rings is 2. The van der Waals surface area contributed by atoms with Crippen molar-refractivity contribution in [2.45, 2.75) is 34.2 Å². The lowest BCUT2D eigenvalue weighted by atomic mass is 10.1. The van der Waals surface area contributed by atoms with Crippen LogP contribution in [-0.2, 0) is 6.54 Å². The first-order chi connectivity index (χ1) is 12.4. The second kappa shape index (κ2) is 7.83. The summed E-state index contributed by atoms with van der Waals surface area (Å²) in [5, 5.41) is 2.17. The summed E-state index contributed by atoms with van der Waals surface area (Å²) < 4.78 is 2.28. The van der Waals surface area contributed by atoms with Gasteiger partial charge >= 0.3 is 0 Å². The number of Topliss-reactive ketones (excluding diaryl/α,β-unsaturated/α-hetero) is 1. The molecule has 3 aromatic rings. The van der Waals surface area contributed by atoms with Gasteiger partial charge in [-0.15, -0.1) is 11.3 Å². The minimum atomic E-state index is 0.0589. The number of hydrogen-bond donors (Lipinski definition) is 0. The normalized spacial score (nSPS) is 12.0. The van der Waals surface area contributed by atoms with E-state index in [0.717, 1.165) is 17.0 Å². The van der Waals surface area contributed by atoms with E-state index in [1.807, 2.05) is 24.3 Å². The Bertz CT molecular complexity index is 978. The molecule has 0 radical (unpaired) electrons. The van der Waals surface area contributed by atoms with Gasteiger partial charge in [-0.1, -0.05) is 55.8 Å². The molecule has 3 rings (SSSR count). The van der Waals surface area contributed by atoms with Gasteiger partial charge in [0.2, 0.25) is 0 Å². The summed E-state index contributed by atoms with van der Waals surface area (Å²) in [4.78, 5) is 17.4. The lowest BCUT2D eigenvalue weighted by Crippen LogP contribution is -2.18. The third-order valence-electron chi connectivity index (χ3n) is 4.17. The summed E-state index contributed by atoms with van der Waals surface area (Å²) in [6.07, 6.45) is 0. The molecule has 1 aromatic heterocycles. The Morgan fingerprint density at radius 1 is 1.15 bits per heavy atom. The van der Waals surface area contributed by atoms with Gasteiger partial charge in [0.05, 0.1) is 11.4 Å². The first kappa shape index (κ1) is 18.3. The largest absolute Gasteiger partial charge is 0.316 e. The van der Waals surface area contributed by atoms with E-state index >= 15 is 0 Å². The van der Waals surface area contributed by atoms with Crippen molar-refractivity contribution in [2.24, 2.45) is 10.9 Å². The van der Waals surface area contributed by atoms with Crippen LogP contribution in [0.3, 0.4) is 0 Å². The van der Waals surface area contributed by atoms with Crippen LogP contribution in [-0.4, -0.2) is 10.4 Å². The quantitative estimate of drug-likeness (QED) is 0.541. The van der Waals surface area contributed by atoms with E-state index in [0.29, 0.717) is 11.5 Å². The molecule has 134 valence electrons. The highest BCUT2D eigenvalue weighted by molar-refractivity contribution is 7.07. The Morgan fingerprint density at radius 2 is 1.88 bits per heavy atom. The fourth-order valence-electron chi connectivity index (χ4n) is 2.82. The van der Waals surface area contributed by atoms with E-state index in [2.05, 4.69) is 55.0 Å². The van der Waals surface area contributed by atoms with E-state index in [1.165, 1.54) is 16.8 Å². The average molecular weight is 365 g/mol. The first-order valence-electron chi connectivity index (χ1n) is 8.85. The zero-order chi connectivity index (χ0) is 18.7. The Labute approximate surface area is 158 Å². The van der Waals surface area contributed by atoms with Crippen molar-refractivity contribution in [1.82, 2.24) is 4.57 Å². The number of carbonyl (C=O) groups excluding carboxylic acids is 1. The molecule has 0 spiro atoms. The number of rotatable bonds is 5. The van der Waals surface area contributed by atoms with Gasteiger partial charge in [-0.3, -0.25) is 4.79 Å². The molecule has 0 aliphatic heterocycles. The highest BCUT2D eigenvalue weighted by Crippen LogP contribution is 2.22. The molecular formula is C22H24N2OS. The number of nitrogens with zero attached hydrogens (tertiary/aromatic N) is 2. The predicted molar refractivity (Wildman–Crippen MR) is 109 cm³/mol. The lowest BCUT2D eigenvalue weighted by molar-refractivity contribution is 0.101. The van der Waals surface area contributed by atoms with Crippen molar-refractivity contribution in [2.75, 3.05) is 0 Å². The molecule has 0 N–H and O–H groups in total. The lowest BCUT2D eigenvalue weighted by Gasteiger charge is -2.12. The molecular weight excluding hydrogens is 340 g/mol. The zero-order valence-electron chi connectivity index (χ0n) is 15.7. The van der Waals surface area contributed by atoms with Gasteiger partial charge in [0.1, 0.15) is 0 Å². The van der Waals surface area contributed by atoms with Crippen LogP contribution in [0.5, 0.6) is 0 Å². The second-order valence-electron chi connectivity index (χ2n) is 6.99. The molecule has 0 saturated carbocycles. The van der Waals surface area contributed by atoms with E-state index in [9.17, 15) is 4.79 Å². The molecule has 0 saturated heterocycles. The van der Waals surface area contributed by atoms with Crippen LogP contribution in [0, 0.1) is 12.8 Å². The molecule has 0 atom stereocenters. The van der Waals surface area contributed by atoms with E-state index in [4.69, 9.17) is 4.99 Å². The number of ketones is 1. The third-order valence-corrected chi connectivity index (χ3v) is 5.03. The molecule has 3 nitrogen and oxygen atoms in total. The van der Waals surface area contributed by atoms with Gasteiger partial charge in [0.15, 0.2) is 10.6 Å². The smallest absolute Gasteiger partial charge is 0.190 e. The maximum atomic E-state index is 11.6. The maximum Gasteiger partial charge on any atom is 0.190 e. The van der Waals surface area contributed by atoms with Crippen LogP contribution in [0.15, 0.2) is 58.9 Å². The monoisotopic (exact) mass is 364 g/mol. The number of thiazole rings is 1.